The Bertz CT molecular complexity index is 366. The Morgan fingerprint density at radius 1 is 1.05 bits per heavy atom. The van der Waals surface area contributed by atoms with Crippen LogP contribution >= 0.6 is 0 Å². The third-order valence-electron chi connectivity index (χ3n) is 2.76. The van der Waals surface area contributed by atoms with Crippen LogP contribution in [-0.2, 0) is 4.74 Å². The summed E-state index contributed by atoms with van der Waals surface area (Å²) in [5.41, 5.74) is 12.2. The predicted molar refractivity (Wildman–Crippen MR) is 86.3 cm³/mol. The lowest BCUT2D eigenvalue weighted by Gasteiger charge is -2.35. The standard InChI is InChI=1S/C13H24N4O2.C2H6/c1-10(2)19-13(18)17-8-6-16(7-9-17)12(15)5-4-11(3)14;1-2/h4-5,10H,6-9,14-15H2,1-3H3;1-2H3/b11-4-,12-5+;. The Labute approximate surface area is 128 Å². The van der Waals surface area contributed by atoms with Crippen LogP contribution in [0.1, 0.15) is 34.6 Å². The van der Waals surface area contributed by atoms with Gasteiger partial charge in [-0.15, -0.1) is 0 Å². The number of piperazine rings is 1. The smallest absolute Gasteiger partial charge is 0.410 e. The van der Waals surface area contributed by atoms with Gasteiger partial charge in [0.25, 0.3) is 0 Å². The van der Waals surface area contributed by atoms with Crippen molar-refractivity contribution in [2.45, 2.75) is 40.7 Å². The SMILES string of the molecule is C/C(N)=C/C=C(\N)N1CCN(C(=O)OC(C)C)CC1.CC. The van der Waals surface area contributed by atoms with E-state index >= 15 is 0 Å². The van der Waals surface area contributed by atoms with Gasteiger partial charge in [-0.1, -0.05) is 13.8 Å². The maximum Gasteiger partial charge on any atom is 0.410 e. The van der Waals surface area contributed by atoms with E-state index in [1.807, 2.05) is 39.5 Å². The second kappa shape index (κ2) is 9.96. The van der Waals surface area contributed by atoms with Crippen LogP contribution in [0.3, 0.4) is 0 Å². The molecule has 1 aliphatic rings. The van der Waals surface area contributed by atoms with Crippen molar-refractivity contribution in [3.05, 3.63) is 23.7 Å². The number of rotatable bonds is 3. The van der Waals surface area contributed by atoms with Gasteiger partial charge < -0.3 is 26.0 Å². The molecular formula is C15H30N4O2. The third-order valence-corrected chi connectivity index (χ3v) is 2.76. The van der Waals surface area contributed by atoms with Gasteiger partial charge in [0, 0.05) is 31.9 Å². The van der Waals surface area contributed by atoms with Gasteiger partial charge in [0.15, 0.2) is 0 Å². The number of carbonyl (C=O) groups excluding carboxylic acids is 1. The fourth-order valence-corrected chi connectivity index (χ4v) is 1.75. The summed E-state index contributed by atoms with van der Waals surface area (Å²) in [4.78, 5) is 15.4. The first-order valence-electron chi connectivity index (χ1n) is 7.50. The van der Waals surface area contributed by atoms with E-state index in [1.165, 1.54) is 0 Å². The number of amides is 1. The lowest BCUT2D eigenvalue weighted by molar-refractivity contribution is 0.0619. The van der Waals surface area contributed by atoms with E-state index in [0.29, 0.717) is 37.7 Å². The summed E-state index contributed by atoms with van der Waals surface area (Å²) in [7, 11) is 0. The summed E-state index contributed by atoms with van der Waals surface area (Å²) < 4.78 is 5.16. The highest BCUT2D eigenvalue weighted by Gasteiger charge is 2.22. The van der Waals surface area contributed by atoms with Crippen LogP contribution in [0.4, 0.5) is 4.79 Å². The molecule has 0 aromatic rings. The quantitative estimate of drug-likeness (QED) is 0.777. The van der Waals surface area contributed by atoms with Gasteiger partial charge in [0.05, 0.1) is 11.9 Å². The molecule has 0 aromatic heterocycles. The van der Waals surface area contributed by atoms with Crippen molar-refractivity contribution in [1.82, 2.24) is 9.80 Å². The molecule has 1 amide bonds. The van der Waals surface area contributed by atoms with Crippen LogP contribution in [0.2, 0.25) is 0 Å². The van der Waals surface area contributed by atoms with Crippen molar-refractivity contribution >= 4 is 6.09 Å². The van der Waals surface area contributed by atoms with E-state index in [-0.39, 0.29) is 12.2 Å². The van der Waals surface area contributed by atoms with E-state index < -0.39 is 0 Å². The van der Waals surface area contributed by atoms with Crippen LogP contribution < -0.4 is 11.5 Å². The Hall–Kier alpha value is -1.85. The Morgan fingerprint density at radius 3 is 1.95 bits per heavy atom. The third kappa shape index (κ3) is 7.48. The molecule has 0 radical (unpaired) electrons. The van der Waals surface area contributed by atoms with Crippen molar-refractivity contribution in [1.29, 1.82) is 0 Å². The Kier molecular flexibility index (Phi) is 9.08. The molecule has 6 heteroatoms. The molecule has 1 rings (SSSR count). The van der Waals surface area contributed by atoms with Crippen LogP contribution in [0.25, 0.3) is 0 Å². The summed E-state index contributed by atoms with van der Waals surface area (Å²) in [5.74, 6) is 0.668. The van der Waals surface area contributed by atoms with Crippen molar-refractivity contribution in [2.24, 2.45) is 11.5 Å². The molecule has 0 unspecified atom stereocenters. The molecule has 1 fully saturated rings. The molecule has 0 spiro atoms. The van der Waals surface area contributed by atoms with Gasteiger partial charge in [0.1, 0.15) is 0 Å². The van der Waals surface area contributed by atoms with Gasteiger partial charge in [-0.2, -0.15) is 0 Å². The molecule has 0 aromatic carbocycles. The highest BCUT2D eigenvalue weighted by molar-refractivity contribution is 5.67. The number of carbonyl (C=O) groups is 1. The van der Waals surface area contributed by atoms with E-state index in [0.717, 1.165) is 0 Å². The average molecular weight is 298 g/mol. The lowest BCUT2D eigenvalue weighted by atomic mass is 10.3. The summed E-state index contributed by atoms with van der Waals surface area (Å²) in [6.07, 6.45) is 3.22. The second-order valence-electron chi connectivity index (χ2n) is 4.91. The first-order chi connectivity index (χ1) is 9.90. The van der Waals surface area contributed by atoms with E-state index in [9.17, 15) is 4.79 Å². The van der Waals surface area contributed by atoms with Gasteiger partial charge in [0.2, 0.25) is 0 Å². The number of nitrogens with zero attached hydrogens (tertiary/aromatic N) is 2. The first-order valence-corrected chi connectivity index (χ1v) is 7.50. The number of hydrogen-bond donors (Lipinski definition) is 2. The normalized spacial score (nSPS) is 16.5. The van der Waals surface area contributed by atoms with Gasteiger partial charge in [-0.25, -0.2) is 4.79 Å². The van der Waals surface area contributed by atoms with Crippen molar-refractivity contribution in [3.63, 3.8) is 0 Å². The van der Waals surface area contributed by atoms with Crippen LogP contribution in [0, 0.1) is 0 Å². The predicted octanol–water partition coefficient (Wildman–Crippen LogP) is 1.84. The van der Waals surface area contributed by atoms with Crippen molar-refractivity contribution < 1.29 is 9.53 Å². The number of hydrogen-bond acceptors (Lipinski definition) is 5. The van der Waals surface area contributed by atoms with E-state index in [1.54, 1.807) is 17.1 Å². The average Bonchev–Trinajstić information content (AvgIpc) is 2.46. The minimum absolute atomic E-state index is 0.0897. The maximum absolute atomic E-state index is 11.7. The van der Waals surface area contributed by atoms with E-state index in [2.05, 4.69) is 0 Å². The molecular weight excluding hydrogens is 268 g/mol. The number of allylic oxidation sites excluding steroid dienone is 3. The van der Waals surface area contributed by atoms with Gasteiger partial charge in [-0.05, 0) is 32.9 Å². The number of nitrogens with two attached hydrogens (primary N) is 2. The summed E-state index contributed by atoms with van der Waals surface area (Å²) in [5, 5.41) is 0. The van der Waals surface area contributed by atoms with Gasteiger partial charge in [-0.3, -0.25) is 0 Å². The van der Waals surface area contributed by atoms with E-state index in [4.69, 9.17) is 16.2 Å². The Balaban J connectivity index is 0.00000191. The van der Waals surface area contributed by atoms with Crippen molar-refractivity contribution in [2.75, 3.05) is 26.2 Å². The molecule has 1 heterocycles. The van der Waals surface area contributed by atoms with Crippen LogP contribution in [0.5, 0.6) is 0 Å². The molecule has 1 saturated heterocycles. The monoisotopic (exact) mass is 298 g/mol. The molecule has 0 atom stereocenters. The summed E-state index contributed by atoms with van der Waals surface area (Å²) >= 11 is 0. The first kappa shape index (κ1) is 19.1. The maximum atomic E-state index is 11.7. The molecule has 122 valence electrons. The fraction of sp³-hybridized carbons (Fsp3) is 0.667. The largest absolute Gasteiger partial charge is 0.447 e. The molecule has 1 aliphatic heterocycles. The molecule has 0 bridgehead atoms. The molecule has 0 aliphatic carbocycles. The topological polar surface area (TPSA) is 84.8 Å². The second-order valence-corrected chi connectivity index (χ2v) is 4.91. The minimum Gasteiger partial charge on any atom is -0.447 e. The van der Waals surface area contributed by atoms with Crippen LogP contribution in [-0.4, -0.2) is 48.2 Å². The highest BCUT2D eigenvalue weighted by Crippen LogP contribution is 2.08. The zero-order chi connectivity index (χ0) is 16.4. The van der Waals surface area contributed by atoms with Crippen LogP contribution in [0.15, 0.2) is 23.7 Å². The zero-order valence-electron chi connectivity index (χ0n) is 13.9. The molecule has 6 nitrogen and oxygen atoms in total. The fourth-order valence-electron chi connectivity index (χ4n) is 1.75. The molecule has 21 heavy (non-hydrogen) atoms. The number of ether oxygens (including phenoxy) is 1. The minimum atomic E-state index is -0.255. The molecule has 0 saturated carbocycles. The highest BCUT2D eigenvalue weighted by atomic mass is 16.6. The summed E-state index contributed by atoms with van der Waals surface area (Å²) in [6, 6.07) is 0. The Morgan fingerprint density at radius 2 is 1.52 bits per heavy atom. The van der Waals surface area contributed by atoms with Gasteiger partial charge >= 0.3 is 6.09 Å². The lowest BCUT2D eigenvalue weighted by Crippen LogP contribution is -2.49. The molecule has 4 N–H and O–H groups in total. The zero-order valence-corrected chi connectivity index (χ0v) is 13.9. The van der Waals surface area contributed by atoms with Crippen molar-refractivity contribution in [3.8, 4) is 0 Å². The summed E-state index contributed by atoms with van der Waals surface area (Å²) in [6.45, 7) is 12.1.